The molecule has 2 heterocycles. The topological polar surface area (TPSA) is 37.8 Å². The van der Waals surface area contributed by atoms with Gasteiger partial charge in [0, 0.05) is 6.04 Å². The second kappa shape index (κ2) is 3.94. The Bertz CT molecular complexity index is 663. The van der Waals surface area contributed by atoms with Crippen LogP contribution >= 0.6 is 11.3 Å². The molecular weight excluding hydrogens is 266 g/mol. The third-order valence-electron chi connectivity index (χ3n) is 6.37. The second-order valence-corrected chi connectivity index (χ2v) is 8.06. The molecule has 4 rings (SSSR count). The zero-order valence-corrected chi connectivity index (χ0v) is 13.1. The first-order valence-electron chi connectivity index (χ1n) is 7.47. The van der Waals surface area contributed by atoms with Gasteiger partial charge in [-0.3, -0.25) is 0 Å². The first-order valence-corrected chi connectivity index (χ1v) is 8.35. The summed E-state index contributed by atoms with van der Waals surface area (Å²) in [5.41, 5.74) is 0.816. The lowest BCUT2D eigenvalue weighted by molar-refractivity contribution is 0.142. The molecule has 2 saturated carbocycles. The Labute approximate surface area is 123 Å². The second-order valence-electron chi connectivity index (χ2n) is 7.17. The lowest BCUT2D eigenvalue weighted by atomic mass is 9.69. The van der Waals surface area contributed by atoms with E-state index in [9.17, 15) is 0 Å². The van der Waals surface area contributed by atoms with Crippen molar-refractivity contribution in [2.75, 3.05) is 5.32 Å². The summed E-state index contributed by atoms with van der Waals surface area (Å²) >= 11 is 1.68. The maximum atomic E-state index is 4.49. The fourth-order valence-electron chi connectivity index (χ4n) is 4.49. The molecule has 1 N–H and O–H groups in total. The number of nitrogens with zero attached hydrogens (tertiary/aromatic N) is 2. The van der Waals surface area contributed by atoms with E-state index in [1.807, 2.05) is 0 Å². The largest absolute Gasteiger partial charge is 0.366 e. The van der Waals surface area contributed by atoms with Gasteiger partial charge >= 0.3 is 0 Å². The maximum Gasteiger partial charge on any atom is 0.138 e. The average molecular weight is 287 g/mol. The van der Waals surface area contributed by atoms with Gasteiger partial charge in [0.05, 0.1) is 5.39 Å². The van der Waals surface area contributed by atoms with Gasteiger partial charge in [-0.25, -0.2) is 9.97 Å². The number of thiophene rings is 1. The summed E-state index contributed by atoms with van der Waals surface area (Å²) in [6.07, 6.45) is 5.68. The molecule has 0 unspecified atom stereocenters. The number of hydrogen-bond acceptors (Lipinski definition) is 4. The molecule has 20 heavy (non-hydrogen) atoms. The number of rotatable bonds is 2. The summed E-state index contributed by atoms with van der Waals surface area (Å²) in [6.45, 7) is 7.36. The maximum absolute atomic E-state index is 4.49. The van der Waals surface area contributed by atoms with Gasteiger partial charge in [-0.05, 0) is 47.5 Å². The molecule has 3 atom stereocenters. The van der Waals surface area contributed by atoms with Crippen LogP contribution in [-0.4, -0.2) is 16.0 Å². The zero-order chi connectivity index (χ0) is 14.0. The Kier molecular flexibility index (Phi) is 2.48. The number of aromatic nitrogens is 2. The summed E-state index contributed by atoms with van der Waals surface area (Å²) in [6, 6.07) is 2.66. The van der Waals surface area contributed by atoms with Gasteiger partial charge < -0.3 is 5.32 Å². The third-order valence-corrected chi connectivity index (χ3v) is 7.19. The minimum atomic E-state index is 0.380. The molecular formula is C16H21N3S. The first kappa shape index (κ1) is 12.6. The minimum Gasteiger partial charge on any atom is -0.366 e. The van der Waals surface area contributed by atoms with Crippen molar-refractivity contribution in [1.29, 1.82) is 0 Å². The van der Waals surface area contributed by atoms with Crippen LogP contribution in [0.15, 0.2) is 17.8 Å². The summed E-state index contributed by atoms with van der Waals surface area (Å²) < 4.78 is 0. The van der Waals surface area contributed by atoms with E-state index in [2.05, 4.69) is 47.5 Å². The van der Waals surface area contributed by atoms with E-state index in [1.165, 1.54) is 24.6 Å². The number of nitrogens with one attached hydrogen (secondary N) is 1. The van der Waals surface area contributed by atoms with Crippen molar-refractivity contribution < 1.29 is 0 Å². The molecule has 0 radical (unpaired) electrons. The van der Waals surface area contributed by atoms with Gasteiger partial charge in [0.1, 0.15) is 17.0 Å². The molecule has 2 aromatic heterocycles. The molecule has 0 spiro atoms. The van der Waals surface area contributed by atoms with Crippen molar-refractivity contribution in [1.82, 2.24) is 9.97 Å². The molecule has 2 bridgehead atoms. The van der Waals surface area contributed by atoms with Crippen molar-refractivity contribution >= 4 is 27.4 Å². The molecule has 106 valence electrons. The molecule has 2 aliphatic rings. The van der Waals surface area contributed by atoms with Crippen LogP contribution in [0.25, 0.3) is 10.2 Å². The number of hydrogen-bond donors (Lipinski definition) is 1. The fraction of sp³-hybridized carbons (Fsp3) is 0.625. The summed E-state index contributed by atoms with van der Waals surface area (Å²) in [5.74, 6) is 1.87. The first-order chi connectivity index (χ1) is 9.52. The number of anilines is 1. The molecule has 0 aliphatic heterocycles. The highest BCUT2D eigenvalue weighted by molar-refractivity contribution is 7.16. The van der Waals surface area contributed by atoms with Crippen molar-refractivity contribution in [2.24, 2.45) is 16.7 Å². The van der Waals surface area contributed by atoms with E-state index in [4.69, 9.17) is 0 Å². The standard InChI is InChI=1S/C16H21N3S/c1-15(2)10-4-6-16(15,3)12(8-10)19-13-11-5-7-20-14(11)18-9-17-13/h5,7,9-10,12H,4,6,8H2,1-3H3,(H,17,18,19)/t10-,12+,16+/m0/s1. The van der Waals surface area contributed by atoms with Crippen LogP contribution in [0, 0.1) is 16.7 Å². The van der Waals surface area contributed by atoms with Crippen LogP contribution in [-0.2, 0) is 0 Å². The molecule has 0 aromatic carbocycles. The van der Waals surface area contributed by atoms with Gasteiger partial charge in [-0.1, -0.05) is 20.8 Å². The van der Waals surface area contributed by atoms with Crippen molar-refractivity contribution in [3.8, 4) is 0 Å². The van der Waals surface area contributed by atoms with Gasteiger partial charge in [0.25, 0.3) is 0 Å². The number of fused-ring (bicyclic) bond motifs is 3. The molecule has 3 nitrogen and oxygen atoms in total. The van der Waals surface area contributed by atoms with Crippen LogP contribution < -0.4 is 5.32 Å². The van der Waals surface area contributed by atoms with Crippen LogP contribution in [0.2, 0.25) is 0 Å². The van der Waals surface area contributed by atoms with Gasteiger partial charge in [0.15, 0.2) is 0 Å². The minimum absolute atomic E-state index is 0.380. The Hall–Kier alpha value is -1.16. The predicted octanol–water partition coefficient (Wildman–Crippen LogP) is 4.32. The Morgan fingerprint density at radius 2 is 2.15 bits per heavy atom. The van der Waals surface area contributed by atoms with E-state index in [-0.39, 0.29) is 0 Å². The van der Waals surface area contributed by atoms with Crippen molar-refractivity contribution in [3.05, 3.63) is 17.8 Å². The smallest absolute Gasteiger partial charge is 0.138 e. The van der Waals surface area contributed by atoms with Crippen LogP contribution in [0.5, 0.6) is 0 Å². The highest BCUT2D eigenvalue weighted by atomic mass is 32.1. The lowest BCUT2D eigenvalue weighted by Crippen LogP contribution is -2.40. The quantitative estimate of drug-likeness (QED) is 0.894. The van der Waals surface area contributed by atoms with E-state index < -0.39 is 0 Å². The lowest BCUT2D eigenvalue weighted by Gasteiger charge is -2.39. The molecule has 2 aliphatic carbocycles. The zero-order valence-electron chi connectivity index (χ0n) is 12.3. The Balaban J connectivity index is 1.69. The van der Waals surface area contributed by atoms with Crippen molar-refractivity contribution in [2.45, 2.75) is 46.1 Å². The van der Waals surface area contributed by atoms with Crippen LogP contribution in [0.1, 0.15) is 40.0 Å². The average Bonchev–Trinajstić information content (AvgIpc) is 3.02. The summed E-state index contributed by atoms with van der Waals surface area (Å²) in [7, 11) is 0. The highest BCUT2D eigenvalue weighted by Crippen LogP contribution is 2.65. The SMILES string of the molecule is CC1(C)[C@H]2CC[C@]1(C)[C@H](Nc1ncnc3sccc13)C2. The molecule has 0 amide bonds. The highest BCUT2D eigenvalue weighted by Gasteiger charge is 2.61. The van der Waals surface area contributed by atoms with Gasteiger partial charge in [-0.2, -0.15) is 0 Å². The summed E-state index contributed by atoms with van der Waals surface area (Å²) in [4.78, 5) is 9.91. The third kappa shape index (κ3) is 1.46. The molecule has 4 heteroatoms. The van der Waals surface area contributed by atoms with E-state index in [0.717, 1.165) is 16.6 Å². The van der Waals surface area contributed by atoms with Crippen LogP contribution in [0.4, 0.5) is 5.82 Å². The monoisotopic (exact) mass is 287 g/mol. The van der Waals surface area contributed by atoms with E-state index in [0.29, 0.717) is 16.9 Å². The Morgan fingerprint density at radius 3 is 2.85 bits per heavy atom. The van der Waals surface area contributed by atoms with E-state index >= 15 is 0 Å². The summed E-state index contributed by atoms with van der Waals surface area (Å²) in [5, 5.41) is 7.02. The fourth-order valence-corrected chi connectivity index (χ4v) is 5.22. The Morgan fingerprint density at radius 1 is 1.30 bits per heavy atom. The normalized spacial score (nSPS) is 34.8. The molecule has 0 saturated heterocycles. The van der Waals surface area contributed by atoms with Gasteiger partial charge in [0.2, 0.25) is 0 Å². The predicted molar refractivity (Wildman–Crippen MR) is 84.1 cm³/mol. The van der Waals surface area contributed by atoms with E-state index in [1.54, 1.807) is 17.7 Å². The van der Waals surface area contributed by atoms with Crippen molar-refractivity contribution in [3.63, 3.8) is 0 Å². The van der Waals surface area contributed by atoms with Crippen LogP contribution in [0.3, 0.4) is 0 Å². The van der Waals surface area contributed by atoms with Gasteiger partial charge in [-0.15, -0.1) is 11.3 Å². The molecule has 2 aromatic rings. The molecule has 2 fully saturated rings.